The molecule has 2 nitrogen and oxygen atoms in total. The maximum absolute atomic E-state index is 6.11. The van der Waals surface area contributed by atoms with Gasteiger partial charge < -0.3 is 10.1 Å². The zero-order valence-corrected chi connectivity index (χ0v) is 10.4. The van der Waals surface area contributed by atoms with E-state index in [0.29, 0.717) is 17.6 Å². The summed E-state index contributed by atoms with van der Waals surface area (Å²) in [5.41, 5.74) is 0.480. The van der Waals surface area contributed by atoms with Crippen molar-refractivity contribution in [2.45, 2.75) is 58.7 Å². The monoisotopic (exact) mass is 211 g/mol. The number of nitrogens with one attached hydrogen (secondary N) is 1. The van der Waals surface area contributed by atoms with Crippen molar-refractivity contribution in [2.75, 3.05) is 13.1 Å². The number of piperidine rings is 1. The first kappa shape index (κ1) is 11.4. The van der Waals surface area contributed by atoms with Crippen LogP contribution in [0.15, 0.2) is 0 Å². The Labute approximate surface area is 93.8 Å². The zero-order valence-electron chi connectivity index (χ0n) is 10.4. The summed E-state index contributed by atoms with van der Waals surface area (Å²) in [5.74, 6) is 0.879. The number of rotatable bonds is 2. The van der Waals surface area contributed by atoms with Crippen LogP contribution in [0.5, 0.6) is 0 Å². The van der Waals surface area contributed by atoms with E-state index < -0.39 is 0 Å². The Balaban J connectivity index is 1.67. The average molecular weight is 211 g/mol. The molecule has 0 amide bonds. The Morgan fingerprint density at radius 1 is 1.00 bits per heavy atom. The molecule has 1 N–H and O–H groups in total. The molecular formula is C13H25NO. The molecule has 0 aromatic rings. The van der Waals surface area contributed by atoms with Gasteiger partial charge in [-0.25, -0.2) is 0 Å². The van der Waals surface area contributed by atoms with Crippen LogP contribution in [0.4, 0.5) is 0 Å². The molecule has 0 radical (unpaired) electrons. The second kappa shape index (κ2) is 4.42. The van der Waals surface area contributed by atoms with Crippen molar-refractivity contribution in [1.29, 1.82) is 0 Å². The highest BCUT2D eigenvalue weighted by molar-refractivity contribution is 4.89. The van der Waals surface area contributed by atoms with Crippen molar-refractivity contribution in [1.82, 2.24) is 5.32 Å². The van der Waals surface area contributed by atoms with Gasteiger partial charge in [0.05, 0.1) is 12.2 Å². The first-order chi connectivity index (χ1) is 7.05. The van der Waals surface area contributed by atoms with Gasteiger partial charge in [0, 0.05) is 0 Å². The van der Waals surface area contributed by atoms with Gasteiger partial charge in [-0.3, -0.25) is 0 Å². The van der Waals surface area contributed by atoms with Crippen molar-refractivity contribution in [3.8, 4) is 0 Å². The van der Waals surface area contributed by atoms with Gasteiger partial charge in [0.2, 0.25) is 0 Å². The van der Waals surface area contributed by atoms with Gasteiger partial charge in [-0.2, -0.15) is 0 Å². The maximum atomic E-state index is 6.11. The predicted molar refractivity (Wildman–Crippen MR) is 62.9 cm³/mol. The molecule has 2 heteroatoms. The quantitative estimate of drug-likeness (QED) is 0.758. The molecule has 15 heavy (non-hydrogen) atoms. The summed E-state index contributed by atoms with van der Waals surface area (Å²) in [5, 5.41) is 3.38. The lowest BCUT2D eigenvalue weighted by molar-refractivity contribution is -0.105. The van der Waals surface area contributed by atoms with Gasteiger partial charge in [0.1, 0.15) is 0 Å². The Morgan fingerprint density at radius 2 is 1.60 bits per heavy atom. The Morgan fingerprint density at radius 3 is 2.13 bits per heavy atom. The number of ether oxygens (including phenoxy) is 1. The molecule has 1 saturated heterocycles. The third-order valence-corrected chi connectivity index (χ3v) is 3.99. The molecule has 2 fully saturated rings. The lowest BCUT2D eigenvalue weighted by Crippen LogP contribution is -2.43. The average Bonchev–Trinajstić information content (AvgIpc) is 2.10. The lowest BCUT2D eigenvalue weighted by Gasteiger charge is -2.45. The summed E-state index contributed by atoms with van der Waals surface area (Å²) >= 11 is 0. The molecule has 1 saturated carbocycles. The summed E-state index contributed by atoms with van der Waals surface area (Å²) in [6.45, 7) is 9.31. The summed E-state index contributed by atoms with van der Waals surface area (Å²) in [6.07, 6.45) is 6.09. The van der Waals surface area contributed by atoms with Crippen molar-refractivity contribution >= 4 is 0 Å². The first-order valence-electron chi connectivity index (χ1n) is 6.42. The summed E-state index contributed by atoms with van der Waals surface area (Å²) < 4.78 is 6.11. The van der Waals surface area contributed by atoms with Gasteiger partial charge >= 0.3 is 0 Å². The minimum absolute atomic E-state index is 0.480. The Kier molecular flexibility index (Phi) is 3.36. The van der Waals surface area contributed by atoms with Crippen molar-refractivity contribution in [3.05, 3.63) is 0 Å². The largest absolute Gasteiger partial charge is 0.375 e. The molecule has 88 valence electrons. The smallest absolute Gasteiger partial charge is 0.0603 e. The summed E-state index contributed by atoms with van der Waals surface area (Å²) in [7, 11) is 0. The highest BCUT2D eigenvalue weighted by Crippen LogP contribution is 2.43. The third-order valence-electron chi connectivity index (χ3n) is 3.99. The zero-order chi connectivity index (χ0) is 10.9. The minimum Gasteiger partial charge on any atom is -0.375 e. The van der Waals surface area contributed by atoms with Crippen LogP contribution in [0.2, 0.25) is 0 Å². The van der Waals surface area contributed by atoms with E-state index in [1.807, 2.05) is 0 Å². The van der Waals surface area contributed by atoms with Gasteiger partial charge in [0.15, 0.2) is 0 Å². The molecule has 1 aliphatic carbocycles. The second-order valence-electron chi connectivity index (χ2n) is 6.24. The number of hydrogen-bond donors (Lipinski definition) is 1. The van der Waals surface area contributed by atoms with E-state index in [2.05, 4.69) is 26.1 Å². The predicted octanol–water partition coefficient (Wildman–Crippen LogP) is 2.58. The van der Waals surface area contributed by atoms with E-state index in [-0.39, 0.29) is 0 Å². The van der Waals surface area contributed by atoms with E-state index in [4.69, 9.17) is 4.74 Å². The molecule has 0 bridgehead atoms. The van der Waals surface area contributed by atoms with Gasteiger partial charge in [0.25, 0.3) is 0 Å². The van der Waals surface area contributed by atoms with Crippen molar-refractivity contribution in [3.63, 3.8) is 0 Å². The van der Waals surface area contributed by atoms with Crippen molar-refractivity contribution in [2.24, 2.45) is 11.3 Å². The van der Waals surface area contributed by atoms with Crippen LogP contribution < -0.4 is 5.32 Å². The van der Waals surface area contributed by atoms with E-state index in [0.717, 1.165) is 19.0 Å². The van der Waals surface area contributed by atoms with Gasteiger partial charge in [-0.15, -0.1) is 0 Å². The fraction of sp³-hybridized carbons (Fsp3) is 1.00. The van der Waals surface area contributed by atoms with E-state index in [1.165, 1.54) is 25.7 Å². The second-order valence-corrected chi connectivity index (χ2v) is 6.24. The highest BCUT2D eigenvalue weighted by atomic mass is 16.5. The molecule has 0 aromatic carbocycles. The first-order valence-corrected chi connectivity index (χ1v) is 6.42. The van der Waals surface area contributed by atoms with Gasteiger partial charge in [-0.1, -0.05) is 20.8 Å². The third kappa shape index (κ3) is 2.94. The molecule has 0 atom stereocenters. The summed E-state index contributed by atoms with van der Waals surface area (Å²) in [4.78, 5) is 0. The topological polar surface area (TPSA) is 21.3 Å². The Bertz CT molecular complexity index is 197. The van der Waals surface area contributed by atoms with Crippen molar-refractivity contribution < 1.29 is 4.74 Å². The standard InChI is InChI=1S/C13H25NO/c1-13(2,3)10-8-12(9-10)15-11-4-6-14-7-5-11/h10-12,14H,4-9H2,1-3H3. The van der Waals surface area contributed by atoms with Crippen LogP contribution in [0.1, 0.15) is 46.5 Å². The molecule has 2 aliphatic rings. The highest BCUT2D eigenvalue weighted by Gasteiger charge is 2.38. The fourth-order valence-corrected chi connectivity index (χ4v) is 2.59. The van der Waals surface area contributed by atoms with E-state index >= 15 is 0 Å². The normalized spacial score (nSPS) is 33.8. The molecule has 0 spiro atoms. The molecule has 1 heterocycles. The van der Waals surface area contributed by atoms with Crippen LogP contribution in [-0.4, -0.2) is 25.3 Å². The molecule has 1 aliphatic heterocycles. The SMILES string of the molecule is CC(C)(C)C1CC(OC2CCNCC2)C1. The van der Waals surface area contributed by atoms with E-state index in [1.54, 1.807) is 0 Å². The molecule has 0 unspecified atom stereocenters. The van der Waals surface area contributed by atoms with Crippen LogP contribution in [0, 0.1) is 11.3 Å². The molecular weight excluding hydrogens is 186 g/mol. The minimum atomic E-state index is 0.480. The Hall–Kier alpha value is -0.0800. The van der Waals surface area contributed by atoms with Crippen LogP contribution in [-0.2, 0) is 4.74 Å². The molecule has 0 aromatic heterocycles. The summed E-state index contributed by atoms with van der Waals surface area (Å²) in [6, 6.07) is 0. The van der Waals surface area contributed by atoms with Gasteiger partial charge in [-0.05, 0) is 50.1 Å². The van der Waals surface area contributed by atoms with E-state index in [9.17, 15) is 0 Å². The lowest BCUT2D eigenvalue weighted by atomic mass is 9.67. The fourth-order valence-electron chi connectivity index (χ4n) is 2.59. The molecule has 2 rings (SSSR count). The van der Waals surface area contributed by atoms with Crippen LogP contribution in [0.3, 0.4) is 0 Å². The van der Waals surface area contributed by atoms with Crippen LogP contribution >= 0.6 is 0 Å². The van der Waals surface area contributed by atoms with Crippen LogP contribution in [0.25, 0.3) is 0 Å². The maximum Gasteiger partial charge on any atom is 0.0603 e. The number of hydrogen-bond acceptors (Lipinski definition) is 2.